The molecule has 1 N–H and O–H groups in total. The Hall–Kier alpha value is -2.09. The topological polar surface area (TPSA) is 98.0 Å². The molecule has 0 atom stereocenters. The van der Waals surface area contributed by atoms with Gasteiger partial charge in [-0.2, -0.15) is 0 Å². The van der Waals surface area contributed by atoms with Gasteiger partial charge in [-0.25, -0.2) is 18.2 Å². The van der Waals surface area contributed by atoms with Gasteiger partial charge in [0.1, 0.15) is 17.3 Å². The number of methoxy groups -OCH3 is 1. The monoisotopic (exact) mass is 284 g/mol. The van der Waals surface area contributed by atoms with E-state index in [2.05, 4.69) is 4.98 Å². The molecule has 0 bridgehead atoms. The lowest BCUT2D eigenvalue weighted by molar-refractivity contribution is 0.0693. The molecule has 0 aromatic carbocycles. The van der Waals surface area contributed by atoms with Crippen LogP contribution in [0.25, 0.3) is 5.52 Å². The number of fused-ring (bicyclic) bond motifs is 1. The zero-order valence-electron chi connectivity index (χ0n) is 10.3. The van der Waals surface area contributed by atoms with Crippen molar-refractivity contribution in [2.75, 3.05) is 13.4 Å². The van der Waals surface area contributed by atoms with Gasteiger partial charge in [0.2, 0.25) is 0 Å². The molecule has 0 saturated carbocycles. The Balaban J connectivity index is 2.70. The van der Waals surface area contributed by atoms with Crippen LogP contribution >= 0.6 is 0 Å². The number of ether oxygens (including phenoxy) is 1. The number of rotatable bonds is 4. The summed E-state index contributed by atoms with van der Waals surface area (Å²) in [5.41, 5.74) is 0.100. The summed E-state index contributed by atoms with van der Waals surface area (Å²) in [6.45, 7) is 0. The largest absolute Gasteiger partial charge is 0.497 e. The number of aromatic carboxylic acids is 1. The number of hydrogen-bond donors (Lipinski definition) is 1. The van der Waals surface area contributed by atoms with Crippen molar-refractivity contribution in [3.8, 4) is 5.75 Å². The molecule has 2 rings (SSSR count). The van der Waals surface area contributed by atoms with E-state index in [0.717, 1.165) is 6.26 Å². The molecule has 8 heteroatoms. The summed E-state index contributed by atoms with van der Waals surface area (Å²) in [6, 6.07) is 3.11. The van der Waals surface area contributed by atoms with Gasteiger partial charge >= 0.3 is 5.97 Å². The second kappa shape index (κ2) is 4.54. The van der Waals surface area contributed by atoms with Crippen molar-refractivity contribution in [1.82, 2.24) is 9.38 Å². The third-order valence-corrected chi connectivity index (χ3v) is 3.30. The number of carbonyl (C=O) groups is 1. The third kappa shape index (κ3) is 2.68. The van der Waals surface area contributed by atoms with Gasteiger partial charge in [0, 0.05) is 18.5 Å². The van der Waals surface area contributed by atoms with Crippen molar-refractivity contribution in [2.24, 2.45) is 0 Å². The molecule has 2 aromatic rings. The first kappa shape index (κ1) is 13.3. The first-order chi connectivity index (χ1) is 8.81. The minimum atomic E-state index is -3.30. The molecule has 0 aliphatic carbocycles. The maximum Gasteiger partial charge on any atom is 0.356 e. The summed E-state index contributed by atoms with van der Waals surface area (Å²) >= 11 is 0. The Morgan fingerprint density at radius 3 is 2.74 bits per heavy atom. The number of hydrogen-bond acceptors (Lipinski definition) is 5. The zero-order valence-corrected chi connectivity index (χ0v) is 11.1. The van der Waals surface area contributed by atoms with Crippen molar-refractivity contribution in [3.63, 3.8) is 0 Å². The Morgan fingerprint density at radius 1 is 1.53 bits per heavy atom. The summed E-state index contributed by atoms with van der Waals surface area (Å²) in [6.07, 6.45) is 2.60. The molecule has 2 aromatic heterocycles. The number of sulfone groups is 1. The van der Waals surface area contributed by atoms with Gasteiger partial charge in [0.05, 0.1) is 12.6 Å². The molecule has 0 amide bonds. The highest BCUT2D eigenvalue weighted by Gasteiger charge is 2.19. The number of carboxylic acid groups (broad SMARTS) is 1. The summed E-state index contributed by atoms with van der Waals surface area (Å²) in [5, 5.41) is 9.09. The lowest BCUT2D eigenvalue weighted by Crippen LogP contribution is -2.05. The van der Waals surface area contributed by atoms with Gasteiger partial charge in [0.25, 0.3) is 0 Å². The van der Waals surface area contributed by atoms with Crippen molar-refractivity contribution in [1.29, 1.82) is 0 Å². The van der Waals surface area contributed by atoms with Crippen LogP contribution in [0.15, 0.2) is 18.3 Å². The standard InChI is InChI=1S/C11H12N2O5S/c1-18-7-3-4-13-8(5-7)10(11(14)15)12-9(13)6-19(2,16)17/h3-5H,6H2,1-2H3,(H,14,15). The summed E-state index contributed by atoms with van der Waals surface area (Å²) < 4.78 is 29.1. The maximum absolute atomic E-state index is 11.3. The van der Waals surface area contributed by atoms with Gasteiger partial charge in [-0.15, -0.1) is 0 Å². The van der Waals surface area contributed by atoms with E-state index in [-0.39, 0.29) is 17.3 Å². The van der Waals surface area contributed by atoms with E-state index in [1.54, 1.807) is 6.07 Å². The highest BCUT2D eigenvalue weighted by molar-refractivity contribution is 7.89. The summed E-state index contributed by atoms with van der Waals surface area (Å²) in [7, 11) is -1.85. The molecule has 0 aliphatic heterocycles. The number of carboxylic acids is 1. The van der Waals surface area contributed by atoms with Crippen LogP contribution in [0.2, 0.25) is 0 Å². The highest BCUT2D eigenvalue weighted by atomic mass is 32.2. The molecule has 19 heavy (non-hydrogen) atoms. The fraction of sp³-hybridized carbons (Fsp3) is 0.273. The summed E-state index contributed by atoms with van der Waals surface area (Å²) in [4.78, 5) is 15.0. The number of aromatic nitrogens is 2. The fourth-order valence-corrected chi connectivity index (χ4v) is 2.42. The first-order valence-electron chi connectivity index (χ1n) is 5.28. The predicted octanol–water partition coefficient (Wildman–Crippen LogP) is 0.586. The zero-order chi connectivity index (χ0) is 14.2. The van der Waals surface area contributed by atoms with Gasteiger partial charge < -0.3 is 14.2 Å². The summed E-state index contributed by atoms with van der Waals surface area (Å²) in [5.74, 6) is -0.905. The first-order valence-corrected chi connectivity index (χ1v) is 7.34. The van der Waals surface area contributed by atoms with Crippen LogP contribution < -0.4 is 4.74 Å². The van der Waals surface area contributed by atoms with Crippen molar-refractivity contribution >= 4 is 21.3 Å². The van der Waals surface area contributed by atoms with Crippen LogP contribution in [0.4, 0.5) is 0 Å². The molecule has 0 radical (unpaired) electrons. The maximum atomic E-state index is 11.3. The van der Waals surface area contributed by atoms with E-state index in [1.807, 2.05) is 0 Å². The SMILES string of the molecule is COc1ccn2c(CS(C)(=O)=O)nc(C(=O)O)c2c1. The molecule has 102 valence electrons. The van der Waals surface area contributed by atoms with Crippen molar-refractivity contribution in [2.45, 2.75) is 5.75 Å². The Bertz CT molecular complexity index is 748. The molecule has 2 heterocycles. The van der Waals surface area contributed by atoms with Crippen molar-refractivity contribution < 1.29 is 23.1 Å². The van der Waals surface area contributed by atoms with Crippen LogP contribution in [-0.4, -0.2) is 42.2 Å². The van der Waals surface area contributed by atoms with E-state index < -0.39 is 15.8 Å². The lowest BCUT2D eigenvalue weighted by Gasteiger charge is -2.02. The Kier molecular flexibility index (Phi) is 3.19. The van der Waals surface area contributed by atoms with Crippen LogP contribution in [0.1, 0.15) is 16.3 Å². The van der Waals surface area contributed by atoms with E-state index >= 15 is 0 Å². The van der Waals surface area contributed by atoms with Crippen molar-refractivity contribution in [3.05, 3.63) is 29.8 Å². The van der Waals surface area contributed by atoms with E-state index in [9.17, 15) is 13.2 Å². The average molecular weight is 284 g/mol. The van der Waals surface area contributed by atoms with Crippen LogP contribution in [0, 0.1) is 0 Å². The third-order valence-electron chi connectivity index (χ3n) is 2.52. The molecular formula is C11H12N2O5S. The Labute approximate surface area is 109 Å². The second-order valence-electron chi connectivity index (χ2n) is 4.07. The van der Waals surface area contributed by atoms with Crippen LogP contribution in [-0.2, 0) is 15.6 Å². The number of nitrogens with zero attached hydrogens (tertiary/aromatic N) is 2. The molecule has 0 saturated heterocycles. The molecular weight excluding hydrogens is 272 g/mol. The predicted molar refractivity (Wildman–Crippen MR) is 67.3 cm³/mol. The quantitative estimate of drug-likeness (QED) is 0.882. The van der Waals surface area contributed by atoms with Gasteiger partial charge in [-0.1, -0.05) is 0 Å². The van der Waals surface area contributed by atoms with E-state index in [0.29, 0.717) is 11.3 Å². The molecule has 0 unspecified atom stereocenters. The Morgan fingerprint density at radius 2 is 2.21 bits per heavy atom. The molecule has 0 aliphatic rings. The molecule has 0 fully saturated rings. The average Bonchev–Trinajstić information content (AvgIpc) is 2.65. The highest BCUT2D eigenvalue weighted by Crippen LogP contribution is 2.20. The van der Waals surface area contributed by atoms with Crippen LogP contribution in [0.3, 0.4) is 0 Å². The minimum absolute atomic E-state index is 0.164. The number of imidazole rings is 1. The van der Waals surface area contributed by atoms with Gasteiger partial charge in [0.15, 0.2) is 15.5 Å². The minimum Gasteiger partial charge on any atom is -0.497 e. The lowest BCUT2D eigenvalue weighted by atomic mass is 10.3. The molecule has 7 nitrogen and oxygen atoms in total. The van der Waals surface area contributed by atoms with Gasteiger partial charge in [-0.3, -0.25) is 0 Å². The normalized spacial score (nSPS) is 11.7. The van der Waals surface area contributed by atoms with Gasteiger partial charge in [-0.05, 0) is 6.07 Å². The second-order valence-corrected chi connectivity index (χ2v) is 6.21. The number of pyridine rings is 1. The fourth-order valence-electron chi connectivity index (χ4n) is 1.75. The smallest absolute Gasteiger partial charge is 0.356 e. The molecule has 0 spiro atoms. The van der Waals surface area contributed by atoms with Crippen LogP contribution in [0.5, 0.6) is 5.75 Å². The van der Waals surface area contributed by atoms with E-state index in [1.165, 1.54) is 23.8 Å². The van der Waals surface area contributed by atoms with E-state index in [4.69, 9.17) is 9.84 Å².